The third-order valence-corrected chi connectivity index (χ3v) is 4.06. The molecule has 0 aromatic heterocycles. The van der Waals surface area contributed by atoms with Crippen LogP contribution in [-0.2, 0) is 4.74 Å². The van der Waals surface area contributed by atoms with Crippen LogP contribution in [0.4, 0.5) is 22.0 Å². The molecule has 2 unspecified atom stereocenters. The summed E-state index contributed by atoms with van der Waals surface area (Å²) in [6, 6.07) is 0. The monoisotopic (exact) mass is 304 g/mol. The molecule has 1 aliphatic rings. The lowest BCUT2D eigenvalue weighted by Crippen LogP contribution is -2.67. The zero-order valence-electron chi connectivity index (χ0n) is 11.6. The molecule has 0 aromatic carbocycles. The van der Waals surface area contributed by atoms with E-state index in [-0.39, 0.29) is 19.4 Å². The van der Waals surface area contributed by atoms with Crippen LogP contribution in [0.15, 0.2) is 0 Å². The summed E-state index contributed by atoms with van der Waals surface area (Å²) in [5.74, 6) is -6.10. The number of ether oxygens (including phenoxy) is 1. The maximum atomic E-state index is 14.1. The van der Waals surface area contributed by atoms with E-state index in [1.807, 2.05) is 0 Å². The summed E-state index contributed by atoms with van der Waals surface area (Å²) >= 11 is 0. The van der Waals surface area contributed by atoms with Crippen molar-refractivity contribution in [3.05, 3.63) is 0 Å². The Morgan fingerprint density at radius 3 is 1.95 bits per heavy atom. The van der Waals surface area contributed by atoms with E-state index in [0.717, 1.165) is 13.3 Å². The van der Waals surface area contributed by atoms with Gasteiger partial charge in [-0.2, -0.15) is 22.0 Å². The molecule has 0 bridgehead atoms. The first kappa shape index (κ1) is 17.6. The molecule has 2 atom stereocenters. The van der Waals surface area contributed by atoms with Crippen molar-refractivity contribution in [1.29, 1.82) is 0 Å². The van der Waals surface area contributed by atoms with Crippen molar-refractivity contribution in [3.8, 4) is 0 Å². The molecule has 1 N–H and O–H groups in total. The molecule has 120 valence electrons. The number of hydrogen-bond donors (Lipinski definition) is 1. The number of hydrogen-bond acceptors (Lipinski definition) is 2. The maximum Gasteiger partial charge on any atom is 0.456 e. The molecular weight excluding hydrogens is 283 g/mol. The van der Waals surface area contributed by atoms with Crippen LogP contribution in [0.3, 0.4) is 0 Å². The highest BCUT2D eigenvalue weighted by Gasteiger charge is 2.74. The van der Waals surface area contributed by atoms with Crippen molar-refractivity contribution in [2.45, 2.75) is 69.8 Å². The van der Waals surface area contributed by atoms with Gasteiger partial charge in [-0.1, -0.05) is 19.3 Å². The molecule has 1 fully saturated rings. The van der Waals surface area contributed by atoms with E-state index in [2.05, 4.69) is 0 Å². The normalized spacial score (nSPS) is 23.4. The fraction of sp³-hybridized carbons (Fsp3) is 1.00. The lowest BCUT2D eigenvalue weighted by Gasteiger charge is -2.48. The summed E-state index contributed by atoms with van der Waals surface area (Å²) in [7, 11) is 0. The van der Waals surface area contributed by atoms with Crippen molar-refractivity contribution in [2.24, 2.45) is 5.92 Å². The minimum Gasteiger partial charge on any atom is -0.390 e. The molecule has 1 rings (SSSR count). The fourth-order valence-corrected chi connectivity index (χ4v) is 3.18. The number of alkyl halides is 5. The zero-order valence-corrected chi connectivity index (χ0v) is 11.6. The highest BCUT2D eigenvalue weighted by molar-refractivity contribution is 5.07. The van der Waals surface area contributed by atoms with Gasteiger partial charge >= 0.3 is 12.1 Å². The van der Waals surface area contributed by atoms with Crippen LogP contribution in [0, 0.1) is 5.92 Å². The molecular formula is C13H21F5O2. The predicted molar refractivity (Wildman–Crippen MR) is 63.6 cm³/mol. The Morgan fingerprint density at radius 1 is 1.10 bits per heavy atom. The van der Waals surface area contributed by atoms with E-state index >= 15 is 0 Å². The molecule has 0 aliphatic heterocycles. The first-order valence-electron chi connectivity index (χ1n) is 6.87. The van der Waals surface area contributed by atoms with Gasteiger partial charge in [0.25, 0.3) is 0 Å². The van der Waals surface area contributed by atoms with Gasteiger partial charge in [0.1, 0.15) is 0 Å². The molecule has 1 aliphatic carbocycles. The minimum absolute atomic E-state index is 0.205. The smallest absolute Gasteiger partial charge is 0.390 e. The Bertz CT molecular complexity index is 310. The van der Waals surface area contributed by atoms with E-state index < -0.39 is 29.7 Å². The first-order valence-corrected chi connectivity index (χ1v) is 6.87. The highest BCUT2D eigenvalue weighted by Crippen LogP contribution is 2.53. The SMILES string of the molecule is CCOC(C(C)O)(C1CCCCC1)C(F)(F)C(F)(F)F. The molecule has 0 spiro atoms. The Balaban J connectivity index is 3.30. The van der Waals surface area contributed by atoms with Gasteiger partial charge in [-0.05, 0) is 32.6 Å². The fourth-order valence-electron chi connectivity index (χ4n) is 3.18. The summed E-state index contributed by atoms with van der Waals surface area (Å²) in [4.78, 5) is 0. The van der Waals surface area contributed by atoms with E-state index in [4.69, 9.17) is 4.74 Å². The van der Waals surface area contributed by atoms with Crippen molar-refractivity contribution in [1.82, 2.24) is 0 Å². The third kappa shape index (κ3) is 2.79. The van der Waals surface area contributed by atoms with Crippen molar-refractivity contribution < 1.29 is 31.8 Å². The second-order valence-electron chi connectivity index (χ2n) is 5.31. The molecule has 0 heterocycles. The summed E-state index contributed by atoms with van der Waals surface area (Å²) in [6.07, 6.45) is -5.32. The molecule has 20 heavy (non-hydrogen) atoms. The van der Waals surface area contributed by atoms with Gasteiger partial charge in [-0.3, -0.25) is 0 Å². The number of rotatable bonds is 5. The standard InChI is InChI=1S/C13H21F5O2/c1-3-20-11(9(2)19,10-7-5-4-6-8-10)12(14,15)13(16,17)18/h9-10,19H,3-8H2,1-2H3. The van der Waals surface area contributed by atoms with E-state index in [1.165, 1.54) is 6.92 Å². The number of halogens is 5. The average Bonchev–Trinajstić information content (AvgIpc) is 2.34. The van der Waals surface area contributed by atoms with E-state index in [0.29, 0.717) is 12.8 Å². The molecule has 0 saturated heterocycles. The van der Waals surface area contributed by atoms with Gasteiger partial charge in [0.2, 0.25) is 0 Å². The quantitative estimate of drug-likeness (QED) is 0.780. The van der Waals surface area contributed by atoms with Gasteiger partial charge in [-0.15, -0.1) is 0 Å². The maximum absolute atomic E-state index is 14.1. The van der Waals surface area contributed by atoms with Crippen LogP contribution in [0.2, 0.25) is 0 Å². The minimum atomic E-state index is -5.75. The van der Waals surface area contributed by atoms with Gasteiger partial charge in [0.05, 0.1) is 6.10 Å². The molecule has 0 aromatic rings. The van der Waals surface area contributed by atoms with Gasteiger partial charge in [0, 0.05) is 6.61 Å². The molecule has 2 nitrogen and oxygen atoms in total. The Hall–Kier alpha value is -0.430. The van der Waals surface area contributed by atoms with E-state index in [1.54, 1.807) is 0 Å². The largest absolute Gasteiger partial charge is 0.456 e. The number of aliphatic hydroxyl groups excluding tert-OH is 1. The second-order valence-corrected chi connectivity index (χ2v) is 5.31. The molecule has 1 saturated carbocycles. The first-order chi connectivity index (χ1) is 9.11. The van der Waals surface area contributed by atoms with Crippen LogP contribution < -0.4 is 0 Å². The second kappa shape index (κ2) is 6.13. The molecule has 7 heteroatoms. The Morgan fingerprint density at radius 2 is 1.60 bits per heavy atom. The summed E-state index contributed by atoms with van der Waals surface area (Å²) in [5.41, 5.74) is -2.90. The van der Waals surface area contributed by atoms with Crippen molar-refractivity contribution in [2.75, 3.05) is 6.61 Å². The van der Waals surface area contributed by atoms with Crippen LogP contribution in [-0.4, -0.2) is 35.5 Å². The van der Waals surface area contributed by atoms with Crippen LogP contribution >= 0.6 is 0 Å². The molecule has 0 amide bonds. The Labute approximate surface area is 115 Å². The topological polar surface area (TPSA) is 29.5 Å². The summed E-state index contributed by atoms with van der Waals surface area (Å²) in [5, 5.41) is 9.74. The lowest BCUT2D eigenvalue weighted by molar-refractivity contribution is -0.377. The summed E-state index contributed by atoms with van der Waals surface area (Å²) in [6.45, 7) is 1.99. The van der Waals surface area contributed by atoms with Crippen LogP contribution in [0.1, 0.15) is 46.0 Å². The van der Waals surface area contributed by atoms with Gasteiger partial charge in [0.15, 0.2) is 5.60 Å². The Kier molecular flexibility index (Phi) is 5.40. The predicted octanol–water partition coefficient (Wildman–Crippen LogP) is 3.92. The van der Waals surface area contributed by atoms with Crippen molar-refractivity contribution >= 4 is 0 Å². The van der Waals surface area contributed by atoms with Crippen LogP contribution in [0.25, 0.3) is 0 Å². The lowest BCUT2D eigenvalue weighted by atomic mass is 9.70. The highest BCUT2D eigenvalue weighted by atomic mass is 19.4. The van der Waals surface area contributed by atoms with E-state index in [9.17, 15) is 27.1 Å². The summed E-state index contributed by atoms with van der Waals surface area (Å²) < 4.78 is 71.5. The third-order valence-electron chi connectivity index (χ3n) is 4.06. The molecule has 0 radical (unpaired) electrons. The number of aliphatic hydroxyl groups is 1. The van der Waals surface area contributed by atoms with Crippen LogP contribution in [0.5, 0.6) is 0 Å². The van der Waals surface area contributed by atoms with Gasteiger partial charge in [-0.25, -0.2) is 0 Å². The average molecular weight is 304 g/mol. The zero-order chi connectivity index (χ0) is 15.6. The van der Waals surface area contributed by atoms with Crippen molar-refractivity contribution in [3.63, 3.8) is 0 Å². The van der Waals surface area contributed by atoms with Gasteiger partial charge < -0.3 is 9.84 Å².